The van der Waals surface area contributed by atoms with E-state index in [2.05, 4.69) is 23.4 Å². The van der Waals surface area contributed by atoms with E-state index in [1.165, 1.54) is 5.56 Å². The zero-order chi connectivity index (χ0) is 12.1. The number of rotatable bonds is 6. The molecule has 0 aromatic carbocycles. The van der Waals surface area contributed by atoms with Gasteiger partial charge in [-0.2, -0.15) is 5.10 Å². The minimum absolute atomic E-state index is 0.208. The lowest BCUT2D eigenvalue weighted by Crippen LogP contribution is -2.25. The van der Waals surface area contributed by atoms with Gasteiger partial charge in [0, 0.05) is 18.9 Å². The van der Waals surface area contributed by atoms with Crippen molar-refractivity contribution in [1.82, 2.24) is 14.9 Å². The second-order valence-electron chi connectivity index (χ2n) is 4.09. The molecule has 2 rings (SSSR count). The highest BCUT2D eigenvalue weighted by atomic mass is 16.5. The van der Waals surface area contributed by atoms with Crippen LogP contribution < -0.4 is 5.32 Å². The molecule has 0 fully saturated rings. The summed E-state index contributed by atoms with van der Waals surface area (Å²) in [4.78, 5) is 0. The summed E-state index contributed by atoms with van der Waals surface area (Å²) in [5.41, 5.74) is 2.33. The largest absolute Gasteiger partial charge is 0.383 e. The van der Waals surface area contributed by atoms with E-state index in [-0.39, 0.29) is 6.04 Å². The van der Waals surface area contributed by atoms with Crippen molar-refractivity contribution in [3.05, 3.63) is 36.2 Å². The first-order valence-corrected chi connectivity index (χ1v) is 6.01. The molecule has 1 N–H and O–H groups in total. The molecule has 0 aliphatic heterocycles. The van der Waals surface area contributed by atoms with Crippen molar-refractivity contribution >= 4 is 5.52 Å². The van der Waals surface area contributed by atoms with E-state index in [4.69, 9.17) is 4.74 Å². The number of pyridine rings is 1. The van der Waals surface area contributed by atoms with Crippen molar-refractivity contribution in [2.75, 3.05) is 20.3 Å². The van der Waals surface area contributed by atoms with Gasteiger partial charge in [0.05, 0.1) is 24.4 Å². The Bertz CT molecular complexity index is 466. The Morgan fingerprint density at radius 1 is 1.47 bits per heavy atom. The van der Waals surface area contributed by atoms with Crippen molar-refractivity contribution in [3.63, 3.8) is 0 Å². The first-order valence-electron chi connectivity index (χ1n) is 6.01. The molecule has 4 heteroatoms. The highest BCUT2D eigenvalue weighted by Gasteiger charge is 2.15. The fourth-order valence-electron chi connectivity index (χ4n) is 1.97. The number of nitrogens with zero attached hydrogens (tertiary/aromatic N) is 2. The van der Waals surface area contributed by atoms with Crippen molar-refractivity contribution in [1.29, 1.82) is 0 Å². The second kappa shape index (κ2) is 5.80. The minimum Gasteiger partial charge on any atom is -0.383 e. The van der Waals surface area contributed by atoms with E-state index in [0.29, 0.717) is 6.61 Å². The quantitative estimate of drug-likeness (QED) is 0.829. The van der Waals surface area contributed by atoms with Crippen LogP contribution in [0, 0.1) is 0 Å². The van der Waals surface area contributed by atoms with Gasteiger partial charge in [0.2, 0.25) is 0 Å². The Balaban J connectivity index is 2.27. The Morgan fingerprint density at radius 3 is 3.12 bits per heavy atom. The highest BCUT2D eigenvalue weighted by Crippen LogP contribution is 2.19. The summed E-state index contributed by atoms with van der Waals surface area (Å²) in [6.07, 6.45) is 4.99. The van der Waals surface area contributed by atoms with Gasteiger partial charge in [0.15, 0.2) is 0 Å². The maximum Gasteiger partial charge on any atom is 0.0710 e. The van der Waals surface area contributed by atoms with Crippen molar-refractivity contribution < 1.29 is 4.74 Å². The van der Waals surface area contributed by atoms with Gasteiger partial charge in [-0.25, -0.2) is 4.52 Å². The van der Waals surface area contributed by atoms with Gasteiger partial charge >= 0.3 is 0 Å². The number of hydrogen-bond donors (Lipinski definition) is 1. The Kier molecular flexibility index (Phi) is 4.12. The predicted molar refractivity (Wildman–Crippen MR) is 68.1 cm³/mol. The van der Waals surface area contributed by atoms with E-state index in [9.17, 15) is 0 Å². The maximum absolute atomic E-state index is 5.27. The molecule has 0 amide bonds. The molecule has 2 aromatic heterocycles. The number of ether oxygens (including phenoxy) is 1. The van der Waals surface area contributed by atoms with E-state index < -0.39 is 0 Å². The normalized spacial score (nSPS) is 13.1. The average molecular weight is 233 g/mol. The lowest BCUT2D eigenvalue weighted by molar-refractivity contribution is 0.167. The van der Waals surface area contributed by atoms with Gasteiger partial charge in [0.25, 0.3) is 0 Å². The fraction of sp³-hybridized carbons (Fsp3) is 0.462. The molecule has 0 radical (unpaired) electrons. The second-order valence-corrected chi connectivity index (χ2v) is 4.09. The van der Waals surface area contributed by atoms with E-state index in [0.717, 1.165) is 18.5 Å². The Labute approximate surface area is 102 Å². The lowest BCUT2D eigenvalue weighted by atomic mass is 10.1. The zero-order valence-electron chi connectivity index (χ0n) is 10.4. The SMILES string of the molecule is CCCNC(COC)c1cnn2ccccc12. The molecule has 0 spiro atoms. The molecule has 1 unspecified atom stereocenters. The molecule has 0 saturated heterocycles. The fourth-order valence-corrected chi connectivity index (χ4v) is 1.97. The summed E-state index contributed by atoms with van der Waals surface area (Å²) >= 11 is 0. The highest BCUT2D eigenvalue weighted by molar-refractivity contribution is 5.54. The van der Waals surface area contributed by atoms with Gasteiger partial charge < -0.3 is 10.1 Å². The molecule has 1 atom stereocenters. The molecule has 17 heavy (non-hydrogen) atoms. The van der Waals surface area contributed by atoms with Gasteiger partial charge in [0.1, 0.15) is 0 Å². The number of fused-ring (bicyclic) bond motifs is 1. The summed E-state index contributed by atoms with van der Waals surface area (Å²) in [5.74, 6) is 0. The van der Waals surface area contributed by atoms with Gasteiger partial charge in [-0.05, 0) is 25.1 Å². The Morgan fingerprint density at radius 2 is 2.35 bits per heavy atom. The molecule has 0 aliphatic rings. The third-order valence-electron chi connectivity index (χ3n) is 2.81. The smallest absolute Gasteiger partial charge is 0.0710 e. The van der Waals surface area contributed by atoms with Crippen LogP contribution in [0.25, 0.3) is 5.52 Å². The molecule has 2 aromatic rings. The van der Waals surface area contributed by atoms with Crippen LogP contribution in [0.15, 0.2) is 30.6 Å². The van der Waals surface area contributed by atoms with Gasteiger partial charge in [-0.1, -0.05) is 13.0 Å². The molecule has 0 aliphatic carbocycles. The van der Waals surface area contributed by atoms with Crippen molar-refractivity contribution in [3.8, 4) is 0 Å². The van der Waals surface area contributed by atoms with Gasteiger partial charge in [-0.15, -0.1) is 0 Å². The van der Waals surface area contributed by atoms with Crippen LogP contribution >= 0.6 is 0 Å². The van der Waals surface area contributed by atoms with Crippen LogP contribution in [0.2, 0.25) is 0 Å². The first-order chi connectivity index (χ1) is 8.36. The molecule has 0 bridgehead atoms. The van der Waals surface area contributed by atoms with E-state index in [1.807, 2.05) is 29.0 Å². The third kappa shape index (κ3) is 2.65. The number of hydrogen-bond acceptors (Lipinski definition) is 3. The maximum atomic E-state index is 5.27. The van der Waals surface area contributed by atoms with Gasteiger partial charge in [-0.3, -0.25) is 0 Å². The predicted octanol–water partition coefficient (Wildman–Crippen LogP) is 2.02. The molecule has 4 nitrogen and oxygen atoms in total. The molecule has 0 saturated carbocycles. The van der Waals surface area contributed by atoms with Crippen LogP contribution in [-0.4, -0.2) is 29.9 Å². The lowest BCUT2D eigenvalue weighted by Gasteiger charge is -2.16. The standard InChI is InChI=1S/C13H19N3O/c1-3-7-14-12(10-17-2)11-9-15-16-8-5-4-6-13(11)16/h4-6,8-9,12,14H,3,7,10H2,1-2H3. The monoisotopic (exact) mass is 233 g/mol. The van der Waals surface area contributed by atoms with Crippen LogP contribution in [0.4, 0.5) is 0 Å². The van der Waals surface area contributed by atoms with Crippen LogP contribution in [0.3, 0.4) is 0 Å². The summed E-state index contributed by atoms with van der Waals surface area (Å²) in [7, 11) is 1.73. The number of methoxy groups -OCH3 is 1. The number of aromatic nitrogens is 2. The summed E-state index contributed by atoms with van der Waals surface area (Å²) < 4.78 is 7.17. The van der Waals surface area contributed by atoms with Crippen molar-refractivity contribution in [2.24, 2.45) is 0 Å². The van der Waals surface area contributed by atoms with Crippen LogP contribution in [-0.2, 0) is 4.74 Å². The van der Waals surface area contributed by atoms with Crippen LogP contribution in [0.1, 0.15) is 24.9 Å². The molecule has 2 heterocycles. The summed E-state index contributed by atoms with van der Waals surface area (Å²) in [6, 6.07) is 6.30. The van der Waals surface area contributed by atoms with Crippen LogP contribution in [0.5, 0.6) is 0 Å². The average Bonchev–Trinajstić information content (AvgIpc) is 2.78. The topological polar surface area (TPSA) is 38.6 Å². The minimum atomic E-state index is 0.208. The first kappa shape index (κ1) is 12.1. The number of nitrogens with one attached hydrogen (secondary N) is 1. The molecular weight excluding hydrogens is 214 g/mol. The van der Waals surface area contributed by atoms with E-state index in [1.54, 1.807) is 7.11 Å². The summed E-state index contributed by atoms with van der Waals surface area (Å²) in [5, 5.41) is 7.84. The molecule has 92 valence electrons. The van der Waals surface area contributed by atoms with Crippen molar-refractivity contribution in [2.45, 2.75) is 19.4 Å². The Hall–Kier alpha value is -1.39. The molecular formula is C13H19N3O. The zero-order valence-corrected chi connectivity index (χ0v) is 10.4. The summed E-state index contributed by atoms with van der Waals surface area (Å²) in [6.45, 7) is 3.81. The third-order valence-corrected chi connectivity index (χ3v) is 2.81. The van der Waals surface area contributed by atoms with E-state index >= 15 is 0 Å².